The molecule has 0 saturated carbocycles. The standard InChI is InChI=1S/C22H29BrN2O2/c1-14-9-15(2)12-25(11-14)13-19-7-5-18(6-8-19)10-24-22(26)20-16(3)27-17(4)21(20)23/h5-8,14-15H,9-13H2,1-4H3,(H,24,26). The van der Waals surface area contributed by atoms with Gasteiger partial charge in [0.1, 0.15) is 11.5 Å². The number of likely N-dealkylation sites (tertiary alicyclic amines) is 1. The van der Waals surface area contributed by atoms with Crippen molar-refractivity contribution in [3.63, 3.8) is 0 Å². The SMILES string of the molecule is Cc1oc(C)c(C(=O)NCc2ccc(CN3CC(C)CC(C)C3)cc2)c1Br. The fraction of sp³-hybridized carbons (Fsp3) is 0.500. The molecule has 4 nitrogen and oxygen atoms in total. The summed E-state index contributed by atoms with van der Waals surface area (Å²) in [4.78, 5) is 15.0. The van der Waals surface area contributed by atoms with E-state index in [0.29, 0.717) is 17.9 Å². The molecule has 2 atom stereocenters. The average Bonchev–Trinajstić information content (AvgIpc) is 2.85. The summed E-state index contributed by atoms with van der Waals surface area (Å²) in [5.74, 6) is 2.80. The summed E-state index contributed by atoms with van der Waals surface area (Å²) in [7, 11) is 0. The van der Waals surface area contributed by atoms with Crippen LogP contribution in [0, 0.1) is 25.7 Å². The minimum absolute atomic E-state index is 0.114. The summed E-state index contributed by atoms with van der Waals surface area (Å²) in [5, 5.41) is 2.98. The summed E-state index contributed by atoms with van der Waals surface area (Å²) >= 11 is 3.43. The van der Waals surface area contributed by atoms with Gasteiger partial charge in [0, 0.05) is 26.2 Å². The molecule has 0 bridgehead atoms. The molecule has 1 aliphatic rings. The number of furan rings is 1. The predicted octanol–water partition coefficient (Wildman–Crippen LogP) is 5.07. The van der Waals surface area contributed by atoms with Crippen molar-refractivity contribution in [1.29, 1.82) is 0 Å². The van der Waals surface area contributed by atoms with Gasteiger partial charge in [0.25, 0.3) is 5.91 Å². The number of nitrogens with zero attached hydrogens (tertiary/aromatic N) is 1. The molecule has 5 heteroatoms. The quantitative estimate of drug-likeness (QED) is 0.717. The van der Waals surface area contributed by atoms with Crippen LogP contribution in [-0.2, 0) is 13.1 Å². The maximum absolute atomic E-state index is 12.5. The highest BCUT2D eigenvalue weighted by Crippen LogP contribution is 2.27. The zero-order chi connectivity index (χ0) is 19.6. The van der Waals surface area contributed by atoms with Crippen LogP contribution < -0.4 is 5.32 Å². The number of piperidine rings is 1. The van der Waals surface area contributed by atoms with Crippen molar-refractivity contribution >= 4 is 21.8 Å². The summed E-state index contributed by atoms with van der Waals surface area (Å²) in [6, 6.07) is 8.56. The Morgan fingerprint density at radius 1 is 1.11 bits per heavy atom. The lowest BCUT2D eigenvalue weighted by molar-refractivity contribution is 0.0948. The summed E-state index contributed by atoms with van der Waals surface area (Å²) in [6.45, 7) is 12.2. The van der Waals surface area contributed by atoms with Crippen molar-refractivity contribution < 1.29 is 9.21 Å². The summed E-state index contributed by atoms with van der Waals surface area (Å²) in [5.41, 5.74) is 3.01. The fourth-order valence-corrected chi connectivity index (χ4v) is 4.67. The number of rotatable bonds is 5. The lowest BCUT2D eigenvalue weighted by atomic mass is 9.91. The zero-order valence-electron chi connectivity index (χ0n) is 16.6. The zero-order valence-corrected chi connectivity index (χ0v) is 18.2. The van der Waals surface area contributed by atoms with Gasteiger partial charge in [-0.25, -0.2) is 0 Å². The van der Waals surface area contributed by atoms with E-state index < -0.39 is 0 Å². The van der Waals surface area contributed by atoms with Crippen molar-refractivity contribution in [3.8, 4) is 0 Å². The second kappa shape index (κ2) is 8.61. The molecule has 0 spiro atoms. The van der Waals surface area contributed by atoms with Crippen LogP contribution in [-0.4, -0.2) is 23.9 Å². The minimum Gasteiger partial charge on any atom is -0.465 e. The van der Waals surface area contributed by atoms with Crippen LogP contribution in [0.3, 0.4) is 0 Å². The lowest BCUT2D eigenvalue weighted by Gasteiger charge is -2.35. The summed E-state index contributed by atoms with van der Waals surface area (Å²) in [6.07, 6.45) is 1.33. The van der Waals surface area contributed by atoms with Gasteiger partial charge in [-0.2, -0.15) is 0 Å². The third kappa shape index (κ3) is 5.02. The van der Waals surface area contributed by atoms with Gasteiger partial charge in [0.05, 0.1) is 10.0 Å². The van der Waals surface area contributed by atoms with Crippen LogP contribution in [0.1, 0.15) is 53.3 Å². The molecular formula is C22H29BrN2O2. The molecule has 2 heterocycles. The van der Waals surface area contributed by atoms with Crippen molar-refractivity contribution in [2.45, 2.75) is 47.2 Å². The molecule has 3 rings (SSSR count). The van der Waals surface area contributed by atoms with Crippen LogP contribution in [0.2, 0.25) is 0 Å². The molecule has 1 aromatic heterocycles. The highest BCUT2D eigenvalue weighted by Gasteiger charge is 2.22. The summed E-state index contributed by atoms with van der Waals surface area (Å²) < 4.78 is 6.24. The molecule has 2 aromatic rings. The first-order valence-electron chi connectivity index (χ1n) is 9.67. The molecule has 0 radical (unpaired) electrons. The van der Waals surface area contributed by atoms with E-state index in [9.17, 15) is 4.79 Å². The Hall–Kier alpha value is -1.59. The largest absolute Gasteiger partial charge is 0.465 e. The Kier molecular flexibility index (Phi) is 6.43. The number of nitrogens with one attached hydrogen (secondary N) is 1. The monoisotopic (exact) mass is 432 g/mol. The number of aryl methyl sites for hydroxylation is 2. The minimum atomic E-state index is -0.114. The Balaban J connectivity index is 1.55. The van der Waals surface area contributed by atoms with E-state index in [1.807, 2.05) is 13.8 Å². The van der Waals surface area contributed by atoms with E-state index in [1.54, 1.807) is 0 Å². The van der Waals surface area contributed by atoms with Gasteiger partial charge in [0.2, 0.25) is 0 Å². The number of benzene rings is 1. The topological polar surface area (TPSA) is 45.5 Å². The van der Waals surface area contributed by atoms with Gasteiger partial charge >= 0.3 is 0 Å². The van der Waals surface area contributed by atoms with Crippen molar-refractivity contribution in [2.24, 2.45) is 11.8 Å². The van der Waals surface area contributed by atoms with Crippen molar-refractivity contribution in [2.75, 3.05) is 13.1 Å². The van der Waals surface area contributed by atoms with E-state index in [4.69, 9.17) is 4.42 Å². The fourth-order valence-electron chi connectivity index (χ4n) is 4.13. The molecule has 1 N–H and O–H groups in total. The van der Waals surface area contributed by atoms with Crippen LogP contribution in [0.15, 0.2) is 33.2 Å². The average molecular weight is 433 g/mol. The van der Waals surface area contributed by atoms with Gasteiger partial charge in [-0.15, -0.1) is 0 Å². The normalized spacial score (nSPS) is 20.6. The highest BCUT2D eigenvalue weighted by atomic mass is 79.9. The first-order valence-corrected chi connectivity index (χ1v) is 10.5. The van der Waals surface area contributed by atoms with E-state index in [-0.39, 0.29) is 5.91 Å². The van der Waals surface area contributed by atoms with Gasteiger partial charge in [-0.3, -0.25) is 9.69 Å². The second-order valence-corrected chi connectivity index (χ2v) is 8.84. The first-order chi connectivity index (χ1) is 12.8. The first kappa shape index (κ1) is 20.2. The Labute approximate surface area is 170 Å². The predicted molar refractivity (Wildman–Crippen MR) is 112 cm³/mol. The van der Waals surface area contributed by atoms with E-state index in [0.717, 1.165) is 34.2 Å². The molecule has 1 aromatic carbocycles. The van der Waals surface area contributed by atoms with Crippen LogP contribution in [0.5, 0.6) is 0 Å². The Morgan fingerprint density at radius 2 is 1.70 bits per heavy atom. The molecular weight excluding hydrogens is 404 g/mol. The maximum Gasteiger partial charge on any atom is 0.256 e. The highest BCUT2D eigenvalue weighted by molar-refractivity contribution is 9.10. The number of hydrogen-bond donors (Lipinski definition) is 1. The van der Waals surface area contributed by atoms with Gasteiger partial charge in [0.15, 0.2) is 0 Å². The molecule has 1 amide bonds. The molecule has 2 unspecified atom stereocenters. The van der Waals surface area contributed by atoms with Gasteiger partial charge < -0.3 is 9.73 Å². The molecule has 0 aliphatic carbocycles. The van der Waals surface area contributed by atoms with E-state index >= 15 is 0 Å². The van der Waals surface area contributed by atoms with Crippen molar-refractivity contribution in [3.05, 3.63) is 56.9 Å². The van der Waals surface area contributed by atoms with Crippen LogP contribution >= 0.6 is 15.9 Å². The number of halogens is 1. The molecule has 27 heavy (non-hydrogen) atoms. The van der Waals surface area contributed by atoms with E-state index in [1.165, 1.54) is 25.1 Å². The Morgan fingerprint density at radius 3 is 2.26 bits per heavy atom. The maximum atomic E-state index is 12.5. The molecule has 1 fully saturated rings. The number of carbonyl (C=O) groups is 1. The van der Waals surface area contributed by atoms with Gasteiger partial charge in [-0.05, 0) is 59.2 Å². The third-order valence-corrected chi connectivity index (χ3v) is 6.20. The smallest absolute Gasteiger partial charge is 0.256 e. The number of carbonyl (C=O) groups excluding carboxylic acids is 1. The third-order valence-electron chi connectivity index (χ3n) is 5.24. The number of hydrogen-bond acceptors (Lipinski definition) is 3. The van der Waals surface area contributed by atoms with Crippen LogP contribution in [0.25, 0.3) is 0 Å². The number of amides is 1. The lowest BCUT2D eigenvalue weighted by Crippen LogP contribution is -2.38. The second-order valence-electron chi connectivity index (χ2n) is 8.04. The molecule has 1 saturated heterocycles. The molecule has 146 valence electrons. The Bertz CT molecular complexity index is 787. The van der Waals surface area contributed by atoms with Crippen molar-refractivity contribution in [1.82, 2.24) is 10.2 Å². The molecule has 1 aliphatic heterocycles. The van der Waals surface area contributed by atoms with Crippen LogP contribution in [0.4, 0.5) is 0 Å². The van der Waals surface area contributed by atoms with E-state index in [2.05, 4.69) is 64.3 Å². The van der Waals surface area contributed by atoms with Gasteiger partial charge in [-0.1, -0.05) is 38.1 Å².